The first kappa shape index (κ1) is 13.3. The second-order valence-corrected chi connectivity index (χ2v) is 5.83. The minimum Gasteiger partial charge on any atom is -0.289 e. The number of hydrogen-bond acceptors (Lipinski definition) is 2. The molecule has 1 unspecified atom stereocenters. The van der Waals surface area contributed by atoms with E-state index in [1.165, 1.54) is 0 Å². The van der Waals surface area contributed by atoms with Crippen molar-refractivity contribution >= 4 is 11.6 Å². The maximum Gasteiger partial charge on any atom is 0.190 e. The van der Waals surface area contributed by atoms with E-state index in [4.69, 9.17) is 0 Å². The Bertz CT molecular complexity index is 595. The van der Waals surface area contributed by atoms with Crippen molar-refractivity contribution in [3.8, 4) is 0 Å². The molecule has 0 N–H and O–H groups in total. The normalized spacial score (nSPS) is 21.8. The van der Waals surface area contributed by atoms with Gasteiger partial charge in [0.2, 0.25) is 0 Å². The van der Waals surface area contributed by atoms with Crippen molar-refractivity contribution in [2.45, 2.75) is 45.4 Å². The van der Waals surface area contributed by atoms with Crippen molar-refractivity contribution in [3.05, 3.63) is 46.5 Å². The van der Waals surface area contributed by atoms with Gasteiger partial charge >= 0.3 is 0 Å². The van der Waals surface area contributed by atoms with Crippen LogP contribution < -0.4 is 0 Å². The van der Waals surface area contributed by atoms with Crippen LogP contribution in [0.2, 0.25) is 0 Å². The van der Waals surface area contributed by atoms with Gasteiger partial charge in [0.15, 0.2) is 11.6 Å². The summed E-state index contributed by atoms with van der Waals surface area (Å²) in [5.74, 6) is 0.496. The van der Waals surface area contributed by atoms with Crippen LogP contribution in [0.3, 0.4) is 0 Å². The number of carbonyl (C=O) groups excluding carboxylic acids is 2. The number of ketones is 2. The molecule has 0 amide bonds. The first-order valence-electron chi connectivity index (χ1n) is 7.65. The zero-order valence-corrected chi connectivity index (χ0v) is 11.9. The fourth-order valence-electron chi connectivity index (χ4n) is 3.53. The smallest absolute Gasteiger partial charge is 0.190 e. The highest BCUT2D eigenvalue weighted by Crippen LogP contribution is 2.40. The zero-order valence-electron chi connectivity index (χ0n) is 11.9. The quantitative estimate of drug-likeness (QED) is 0.816. The van der Waals surface area contributed by atoms with E-state index in [-0.39, 0.29) is 11.6 Å². The number of Topliss-reactive ketones (excluding diaryl/α,β-unsaturated/α-hetero) is 2. The van der Waals surface area contributed by atoms with Crippen molar-refractivity contribution in [2.75, 3.05) is 0 Å². The molecule has 0 fully saturated rings. The van der Waals surface area contributed by atoms with E-state index in [0.29, 0.717) is 17.0 Å². The largest absolute Gasteiger partial charge is 0.289 e. The summed E-state index contributed by atoms with van der Waals surface area (Å²) in [4.78, 5) is 25.4. The maximum absolute atomic E-state index is 12.8. The van der Waals surface area contributed by atoms with Crippen LogP contribution >= 0.6 is 0 Å². The summed E-state index contributed by atoms with van der Waals surface area (Å²) in [6, 6.07) is 7.27. The Morgan fingerprint density at radius 2 is 1.80 bits per heavy atom. The molecule has 2 heteroatoms. The molecular formula is C18H20O2. The number of carbonyl (C=O) groups is 2. The molecule has 104 valence electrons. The van der Waals surface area contributed by atoms with E-state index in [1.54, 1.807) is 12.1 Å². The molecule has 0 bridgehead atoms. The Hall–Kier alpha value is -1.70. The molecule has 0 aliphatic heterocycles. The molecule has 20 heavy (non-hydrogen) atoms. The van der Waals surface area contributed by atoms with E-state index in [2.05, 4.69) is 6.92 Å². The summed E-state index contributed by atoms with van der Waals surface area (Å²) in [7, 11) is 0. The molecule has 2 nitrogen and oxygen atoms in total. The average molecular weight is 268 g/mol. The molecule has 1 aromatic rings. The zero-order chi connectivity index (χ0) is 14.1. The maximum atomic E-state index is 12.8. The van der Waals surface area contributed by atoms with E-state index < -0.39 is 0 Å². The lowest BCUT2D eigenvalue weighted by Crippen LogP contribution is -2.29. The summed E-state index contributed by atoms with van der Waals surface area (Å²) < 4.78 is 0. The Labute approximate surface area is 119 Å². The Balaban J connectivity index is 2.05. The van der Waals surface area contributed by atoms with Gasteiger partial charge in [0.25, 0.3) is 0 Å². The van der Waals surface area contributed by atoms with Gasteiger partial charge in [-0.05, 0) is 31.6 Å². The average Bonchev–Trinajstić information content (AvgIpc) is 2.50. The first-order chi connectivity index (χ1) is 9.74. The number of rotatable bonds is 3. The molecule has 1 aromatic carbocycles. The lowest BCUT2D eigenvalue weighted by atomic mass is 9.71. The molecule has 0 radical (unpaired) electrons. The van der Waals surface area contributed by atoms with Gasteiger partial charge in [0.05, 0.1) is 0 Å². The SMILES string of the molecule is CCCCC1CCCC2=C1C(=O)c1ccccc1C2=O. The molecule has 2 aliphatic rings. The second-order valence-electron chi connectivity index (χ2n) is 5.83. The van der Waals surface area contributed by atoms with Gasteiger partial charge in [0, 0.05) is 22.3 Å². The highest BCUT2D eigenvalue weighted by atomic mass is 16.1. The van der Waals surface area contributed by atoms with Gasteiger partial charge in [-0.25, -0.2) is 0 Å². The predicted molar refractivity (Wildman–Crippen MR) is 79.0 cm³/mol. The number of fused-ring (bicyclic) bond motifs is 1. The number of benzene rings is 1. The van der Waals surface area contributed by atoms with E-state index in [0.717, 1.165) is 49.7 Å². The lowest BCUT2D eigenvalue weighted by molar-refractivity contribution is 0.0953. The Morgan fingerprint density at radius 3 is 2.50 bits per heavy atom. The number of allylic oxidation sites excluding steroid dienone is 2. The molecule has 0 aromatic heterocycles. The molecule has 0 saturated heterocycles. The second kappa shape index (κ2) is 5.35. The third-order valence-corrected chi connectivity index (χ3v) is 4.55. The molecular weight excluding hydrogens is 248 g/mol. The summed E-state index contributed by atoms with van der Waals surface area (Å²) in [5, 5.41) is 0. The Kier molecular flexibility index (Phi) is 3.56. The van der Waals surface area contributed by atoms with Crippen molar-refractivity contribution in [2.24, 2.45) is 5.92 Å². The lowest BCUT2D eigenvalue weighted by Gasteiger charge is -2.31. The summed E-state index contributed by atoms with van der Waals surface area (Å²) in [6.45, 7) is 2.17. The molecule has 3 rings (SSSR count). The number of unbranched alkanes of at least 4 members (excludes halogenated alkanes) is 1. The van der Waals surface area contributed by atoms with E-state index in [9.17, 15) is 9.59 Å². The molecule has 0 saturated carbocycles. The third kappa shape index (κ3) is 2.04. The molecule has 0 heterocycles. The minimum absolute atomic E-state index is 0.0939. The van der Waals surface area contributed by atoms with Crippen molar-refractivity contribution in [1.29, 1.82) is 0 Å². The molecule has 2 aliphatic carbocycles. The molecule has 1 atom stereocenters. The topological polar surface area (TPSA) is 34.1 Å². The van der Waals surface area contributed by atoms with Crippen LogP contribution in [0.15, 0.2) is 35.4 Å². The van der Waals surface area contributed by atoms with E-state index >= 15 is 0 Å². The third-order valence-electron chi connectivity index (χ3n) is 4.55. The van der Waals surface area contributed by atoms with Crippen LogP contribution in [0.5, 0.6) is 0 Å². The number of hydrogen-bond donors (Lipinski definition) is 0. The van der Waals surface area contributed by atoms with Crippen LogP contribution in [0, 0.1) is 5.92 Å². The van der Waals surface area contributed by atoms with Crippen LogP contribution in [-0.2, 0) is 0 Å². The van der Waals surface area contributed by atoms with Gasteiger partial charge in [-0.2, -0.15) is 0 Å². The van der Waals surface area contributed by atoms with Gasteiger partial charge in [-0.15, -0.1) is 0 Å². The van der Waals surface area contributed by atoms with Gasteiger partial charge < -0.3 is 0 Å². The fourth-order valence-corrected chi connectivity index (χ4v) is 3.53. The van der Waals surface area contributed by atoms with Gasteiger partial charge in [-0.1, -0.05) is 44.0 Å². The predicted octanol–water partition coefficient (Wildman–Crippen LogP) is 4.35. The highest BCUT2D eigenvalue weighted by Gasteiger charge is 2.37. The van der Waals surface area contributed by atoms with Gasteiger partial charge in [0.1, 0.15) is 0 Å². The summed E-state index contributed by atoms with van der Waals surface area (Å²) >= 11 is 0. The Morgan fingerprint density at radius 1 is 1.10 bits per heavy atom. The van der Waals surface area contributed by atoms with Crippen molar-refractivity contribution in [1.82, 2.24) is 0 Å². The monoisotopic (exact) mass is 268 g/mol. The highest BCUT2D eigenvalue weighted by molar-refractivity contribution is 6.27. The summed E-state index contributed by atoms with van der Waals surface area (Å²) in [6.07, 6.45) is 6.17. The minimum atomic E-state index is 0.0939. The standard InChI is InChI=1S/C18H20O2/c1-2-3-7-12-8-6-11-15-16(12)18(20)14-10-5-4-9-13(14)17(15)19/h4-5,9-10,12H,2-3,6-8,11H2,1H3. The van der Waals surface area contributed by atoms with Gasteiger partial charge in [-0.3, -0.25) is 9.59 Å². The van der Waals surface area contributed by atoms with Crippen LogP contribution in [0.25, 0.3) is 0 Å². The van der Waals surface area contributed by atoms with E-state index in [1.807, 2.05) is 12.1 Å². The van der Waals surface area contributed by atoms with Crippen molar-refractivity contribution in [3.63, 3.8) is 0 Å². The van der Waals surface area contributed by atoms with Crippen LogP contribution in [0.4, 0.5) is 0 Å². The molecule has 0 spiro atoms. The fraction of sp³-hybridized carbons (Fsp3) is 0.444. The van der Waals surface area contributed by atoms with Crippen molar-refractivity contribution < 1.29 is 9.59 Å². The first-order valence-corrected chi connectivity index (χ1v) is 7.65. The summed E-state index contributed by atoms with van der Waals surface area (Å²) in [5.41, 5.74) is 2.86. The van der Waals surface area contributed by atoms with Crippen LogP contribution in [0.1, 0.15) is 66.2 Å². The van der Waals surface area contributed by atoms with Crippen LogP contribution in [-0.4, -0.2) is 11.6 Å².